The van der Waals surface area contributed by atoms with Gasteiger partial charge in [-0.25, -0.2) is 0 Å². The molecule has 1 rings (SSSR count). The van der Waals surface area contributed by atoms with Crippen molar-refractivity contribution in [2.75, 3.05) is 0 Å². The van der Waals surface area contributed by atoms with Crippen LogP contribution in [0.2, 0.25) is 0 Å². The van der Waals surface area contributed by atoms with E-state index >= 15 is 0 Å². The van der Waals surface area contributed by atoms with Crippen LogP contribution in [-0.4, -0.2) is 0 Å². The van der Waals surface area contributed by atoms with Gasteiger partial charge in [0.05, 0.1) is 0 Å². The van der Waals surface area contributed by atoms with Gasteiger partial charge in [-0.2, -0.15) is 0 Å². The Kier molecular flexibility index (Phi) is 4.51. The molecule has 0 unspecified atom stereocenters. The molecule has 1 aliphatic carbocycles. The Labute approximate surface area is 69.3 Å². The first-order chi connectivity index (χ1) is 5.50. The van der Waals surface area contributed by atoms with Crippen molar-refractivity contribution in [1.82, 2.24) is 0 Å². The Balaban J connectivity index is 2.34. The molecule has 0 aromatic rings. The first-order valence-electron chi connectivity index (χ1n) is 4.30. The topological polar surface area (TPSA) is 0 Å². The predicted molar refractivity (Wildman–Crippen MR) is 50.2 cm³/mol. The largest absolute Gasteiger partial charge is 0.0882 e. The molecule has 0 saturated carbocycles. The molecule has 0 saturated heterocycles. The van der Waals surface area contributed by atoms with Crippen LogP contribution in [0.25, 0.3) is 0 Å². The smallest absolute Gasteiger partial charge is 0.00441 e. The molecule has 0 heteroatoms. The van der Waals surface area contributed by atoms with Crippen LogP contribution < -0.4 is 0 Å². The van der Waals surface area contributed by atoms with E-state index in [9.17, 15) is 0 Å². The van der Waals surface area contributed by atoms with E-state index in [1.165, 1.54) is 25.7 Å². The standard InChI is InChI=1S/C11H15/c1-2-4-6-8-10-11-9-7-5-3-1/h1-5,10-11H,6-9H2/b4-2-,5-3+,11-10-. The Morgan fingerprint density at radius 2 is 1.00 bits per heavy atom. The van der Waals surface area contributed by atoms with Crippen LogP contribution in [-0.2, 0) is 0 Å². The molecule has 0 fully saturated rings. The van der Waals surface area contributed by atoms with Gasteiger partial charge in [0.15, 0.2) is 0 Å². The van der Waals surface area contributed by atoms with Gasteiger partial charge in [-0.1, -0.05) is 36.5 Å². The first kappa shape index (κ1) is 8.32. The van der Waals surface area contributed by atoms with Crippen LogP contribution in [0.3, 0.4) is 0 Å². The van der Waals surface area contributed by atoms with Crippen LogP contribution in [0.4, 0.5) is 0 Å². The van der Waals surface area contributed by atoms with Gasteiger partial charge in [0, 0.05) is 6.42 Å². The summed E-state index contributed by atoms with van der Waals surface area (Å²) in [6.07, 6.45) is 20.0. The predicted octanol–water partition coefficient (Wildman–Crippen LogP) is 3.43. The Hall–Kier alpha value is -0.780. The zero-order valence-electron chi connectivity index (χ0n) is 6.87. The number of rotatable bonds is 0. The number of hydrogen-bond donors (Lipinski definition) is 0. The van der Waals surface area contributed by atoms with Crippen molar-refractivity contribution in [1.29, 1.82) is 0 Å². The van der Waals surface area contributed by atoms with Gasteiger partial charge >= 0.3 is 0 Å². The molecule has 11 heavy (non-hydrogen) atoms. The molecule has 0 bridgehead atoms. The van der Waals surface area contributed by atoms with Crippen LogP contribution in [0.1, 0.15) is 25.7 Å². The van der Waals surface area contributed by atoms with Crippen LogP contribution in [0.15, 0.2) is 36.5 Å². The molecule has 1 aliphatic rings. The van der Waals surface area contributed by atoms with E-state index in [2.05, 4.69) is 42.9 Å². The molecule has 0 amide bonds. The quantitative estimate of drug-likeness (QED) is 0.460. The summed E-state index contributed by atoms with van der Waals surface area (Å²) in [4.78, 5) is 0. The Morgan fingerprint density at radius 3 is 1.55 bits per heavy atom. The SMILES string of the molecule is [CH]1/C=C\CC/C=C\CC/C=C/1. The molecule has 0 nitrogen and oxygen atoms in total. The van der Waals surface area contributed by atoms with Crippen molar-refractivity contribution in [3.05, 3.63) is 42.9 Å². The third kappa shape index (κ3) is 4.60. The normalized spacial score (nSPS) is 28.4. The third-order valence-corrected chi connectivity index (χ3v) is 1.66. The molecule has 0 heterocycles. The van der Waals surface area contributed by atoms with Crippen LogP contribution in [0.5, 0.6) is 0 Å². The summed E-state index contributed by atoms with van der Waals surface area (Å²) in [5, 5.41) is 0. The van der Waals surface area contributed by atoms with Crippen molar-refractivity contribution in [3.63, 3.8) is 0 Å². The summed E-state index contributed by atoms with van der Waals surface area (Å²) in [6, 6.07) is 0. The number of hydrogen-bond acceptors (Lipinski definition) is 0. The molecule has 0 spiro atoms. The van der Waals surface area contributed by atoms with Crippen molar-refractivity contribution in [2.24, 2.45) is 0 Å². The molecule has 0 aromatic heterocycles. The average molecular weight is 147 g/mol. The van der Waals surface area contributed by atoms with E-state index in [-0.39, 0.29) is 0 Å². The molecule has 0 aliphatic heterocycles. The van der Waals surface area contributed by atoms with E-state index in [1.807, 2.05) is 0 Å². The van der Waals surface area contributed by atoms with Crippen molar-refractivity contribution in [3.8, 4) is 0 Å². The monoisotopic (exact) mass is 147 g/mol. The molecule has 1 radical (unpaired) electrons. The maximum atomic E-state index is 2.27. The van der Waals surface area contributed by atoms with E-state index in [1.54, 1.807) is 0 Å². The zero-order valence-corrected chi connectivity index (χ0v) is 6.87. The van der Waals surface area contributed by atoms with E-state index < -0.39 is 0 Å². The first-order valence-corrected chi connectivity index (χ1v) is 4.30. The fraction of sp³-hybridized carbons (Fsp3) is 0.364. The maximum absolute atomic E-state index is 2.27. The highest BCUT2D eigenvalue weighted by Crippen LogP contribution is 2.00. The molecule has 0 aromatic carbocycles. The highest BCUT2D eigenvalue weighted by molar-refractivity contribution is 5.09. The van der Waals surface area contributed by atoms with Gasteiger partial charge < -0.3 is 0 Å². The maximum Gasteiger partial charge on any atom is 0.00441 e. The summed E-state index contributed by atoms with van der Waals surface area (Å²) < 4.78 is 0. The minimum atomic E-state index is 1.17. The van der Waals surface area contributed by atoms with Gasteiger partial charge in [0.25, 0.3) is 0 Å². The molecule has 0 atom stereocenters. The van der Waals surface area contributed by atoms with Crippen molar-refractivity contribution >= 4 is 0 Å². The lowest BCUT2D eigenvalue weighted by molar-refractivity contribution is 1.01. The summed E-state index contributed by atoms with van der Waals surface area (Å²) in [7, 11) is 0. The molecular formula is C11H15. The van der Waals surface area contributed by atoms with Gasteiger partial charge in [-0.3, -0.25) is 0 Å². The summed E-state index contributed by atoms with van der Waals surface area (Å²) in [6.45, 7) is 0. The highest BCUT2D eigenvalue weighted by atomic mass is 13.9. The zero-order chi connectivity index (χ0) is 7.78. The van der Waals surface area contributed by atoms with E-state index in [0.717, 1.165) is 0 Å². The fourth-order valence-corrected chi connectivity index (χ4v) is 1.03. The third-order valence-electron chi connectivity index (χ3n) is 1.66. The van der Waals surface area contributed by atoms with Gasteiger partial charge in [0.1, 0.15) is 0 Å². The summed E-state index contributed by atoms with van der Waals surface area (Å²) in [5.41, 5.74) is 0. The highest BCUT2D eigenvalue weighted by Gasteiger charge is 1.81. The summed E-state index contributed by atoms with van der Waals surface area (Å²) in [5.74, 6) is 0. The van der Waals surface area contributed by atoms with Crippen molar-refractivity contribution < 1.29 is 0 Å². The van der Waals surface area contributed by atoms with Crippen LogP contribution in [0, 0.1) is 6.42 Å². The van der Waals surface area contributed by atoms with E-state index in [0.29, 0.717) is 0 Å². The van der Waals surface area contributed by atoms with Crippen molar-refractivity contribution in [2.45, 2.75) is 25.7 Å². The van der Waals surface area contributed by atoms with E-state index in [4.69, 9.17) is 0 Å². The second-order valence-corrected chi connectivity index (χ2v) is 2.67. The Bertz CT molecular complexity index is 143. The lowest BCUT2D eigenvalue weighted by atomic mass is 10.2. The summed E-state index contributed by atoms with van der Waals surface area (Å²) >= 11 is 0. The van der Waals surface area contributed by atoms with Gasteiger partial charge in [0.2, 0.25) is 0 Å². The minimum Gasteiger partial charge on any atom is -0.0882 e. The second-order valence-electron chi connectivity index (χ2n) is 2.67. The average Bonchev–Trinajstić information content (AvgIpc) is 2.08. The van der Waals surface area contributed by atoms with Gasteiger partial charge in [-0.05, 0) is 25.7 Å². The molecular weight excluding hydrogens is 132 g/mol. The minimum absolute atomic E-state index is 1.17. The lowest BCUT2D eigenvalue weighted by Gasteiger charge is -1.85. The number of allylic oxidation sites excluding steroid dienone is 6. The Morgan fingerprint density at radius 1 is 0.545 bits per heavy atom. The lowest BCUT2D eigenvalue weighted by Crippen LogP contribution is -1.65. The fourth-order valence-electron chi connectivity index (χ4n) is 1.03. The molecule has 59 valence electrons. The van der Waals surface area contributed by atoms with Crippen LogP contribution >= 0.6 is 0 Å². The van der Waals surface area contributed by atoms with Gasteiger partial charge in [-0.15, -0.1) is 0 Å². The molecule has 0 N–H and O–H groups in total. The second kappa shape index (κ2) is 5.96.